The van der Waals surface area contributed by atoms with Crippen molar-refractivity contribution >= 4 is 22.2 Å². The van der Waals surface area contributed by atoms with Crippen molar-refractivity contribution in [1.29, 1.82) is 0 Å². The van der Waals surface area contributed by atoms with Gasteiger partial charge in [0.15, 0.2) is 5.13 Å². The van der Waals surface area contributed by atoms with Crippen LogP contribution in [0, 0.1) is 6.92 Å². The van der Waals surface area contributed by atoms with E-state index in [0.29, 0.717) is 0 Å². The topological polar surface area (TPSA) is 28.2 Å². The van der Waals surface area contributed by atoms with Crippen molar-refractivity contribution in [3.63, 3.8) is 0 Å². The van der Waals surface area contributed by atoms with Gasteiger partial charge in [0.1, 0.15) is 0 Å². The van der Waals surface area contributed by atoms with Crippen molar-refractivity contribution in [2.75, 3.05) is 18.5 Å². The number of nitrogens with zero attached hydrogens (tertiary/aromatic N) is 2. The van der Waals surface area contributed by atoms with Crippen LogP contribution in [0.2, 0.25) is 0 Å². The fraction of sp³-hybridized carbons (Fsp3) is 0.400. The lowest BCUT2D eigenvalue weighted by molar-refractivity contribution is 0.681. The van der Waals surface area contributed by atoms with Gasteiger partial charge in [-0.2, -0.15) is 0 Å². The maximum Gasteiger partial charge on any atom is 0.189 e. The van der Waals surface area contributed by atoms with Gasteiger partial charge in [-0.1, -0.05) is 19.1 Å². The van der Waals surface area contributed by atoms with Gasteiger partial charge in [-0.3, -0.25) is 0 Å². The first-order valence-corrected chi connectivity index (χ1v) is 7.48. The molecule has 1 aromatic heterocycles. The Morgan fingerprint density at radius 1 is 1.37 bits per heavy atom. The van der Waals surface area contributed by atoms with Crippen LogP contribution in [0.4, 0.5) is 10.8 Å². The van der Waals surface area contributed by atoms with Crippen molar-refractivity contribution < 1.29 is 0 Å². The minimum absolute atomic E-state index is 0.910. The minimum atomic E-state index is 0.910. The number of nitrogens with one attached hydrogen (secondary N) is 1. The van der Waals surface area contributed by atoms with Gasteiger partial charge in [0.2, 0.25) is 0 Å². The van der Waals surface area contributed by atoms with Gasteiger partial charge in [-0.15, -0.1) is 11.3 Å². The zero-order valence-corrected chi connectivity index (χ0v) is 12.6. The predicted molar refractivity (Wildman–Crippen MR) is 83.4 cm³/mol. The second-order valence-electron chi connectivity index (χ2n) is 4.68. The van der Waals surface area contributed by atoms with Crippen LogP contribution in [0.15, 0.2) is 30.5 Å². The molecular formula is C15H21N3S. The van der Waals surface area contributed by atoms with Gasteiger partial charge in [0, 0.05) is 30.4 Å². The van der Waals surface area contributed by atoms with E-state index in [-0.39, 0.29) is 0 Å². The molecule has 4 heteroatoms. The van der Waals surface area contributed by atoms with Crippen LogP contribution in [0.3, 0.4) is 0 Å². The highest BCUT2D eigenvalue weighted by atomic mass is 32.1. The summed E-state index contributed by atoms with van der Waals surface area (Å²) in [4.78, 5) is 7.93. The molecule has 0 fully saturated rings. The van der Waals surface area contributed by atoms with Crippen molar-refractivity contribution in [2.45, 2.75) is 26.8 Å². The summed E-state index contributed by atoms with van der Waals surface area (Å²) in [5, 5.41) is 4.45. The van der Waals surface area contributed by atoms with E-state index >= 15 is 0 Å². The lowest BCUT2D eigenvalue weighted by atomic mass is 10.2. The smallest absolute Gasteiger partial charge is 0.189 e. The van der Waals surface area contributed by atoms with Crippen LogP contribution in [-0.4, -0.2) is 18.6 Å². The average Bonchev–Trinajstić information content (AvgIpc) is 2.87. The zero-order chi connectivity index (χ0) is 13.7. The molecular weight excluding hydrogens is 254 g/mol. The summed E-state index contributed by atoms with van der Waals surface area (Å²) in [7, 11) is 2.07. The van der Waals surface area contributed by atoms with Crippen molar-refractivity contribution in [3.05, 3.63) is 40.9 Å². The lowest BCUT2D eigenvalue weighted by Gasteiger charge is -2.16. The molecule has 0 saturated heterocycles. The molecule has 0 aliphatic rings. The van der Waals surface area contributed by atoms with E-state index in [2.05, 4.69) is 60.4 Å². The largest absolute Gasteiger partial charge is 0.321 e. The lowest BCUT2D eigenvalue weighted by Crippen LogP contribution is -2.12. The molecule has 2 rings (SSSR count). The molecule has 0 atom stereocenters. The standard InChI is InChI=1S/C15H21N3S/c1-4-8-16-10-14-11-17-15(19-14)18(3)13-7-5-6-12(2)9-13/h5-7,9,11,16H,4,8,10H2,1-3H3. The van der Waals surface area contributed by atoms with Gasteiger partial charge in [0.05, 0.1) is 0 Å². The maximum atomic E-state index is 4.51. The first kappa shape index (κ1) is 14.0. The predicted octanol–water partition coefficient (Wildman–Crippen LogP) is 3.72. The molecule has 1 heterocycles. The highest BCUT2D eigenvalue weighted by molar-refractivity contribution is 7.15. The molecule has 102 valence electrons. The molecule has 0 aliphatic heterocycles. The Balaban J connectivity index is 2.05. The SMILES string of the molecule is CCCNCc1cnc(N(C)c2cccc(C)c2)s1. The van der Waals surface area contributed by atoms with Gasteiger partial charge >= 0.3 is 0 Å². The molecule has 0 radical (unpaired) electrons. The molecule has 0 saturated carbocycles. The number of hydrogen-bond acceptors (Lipinski definition) is 4. The van der Waals surface area contributed by atoms with Gasteiger partial charge in [-0.25, -0.2) is 4.98 Å². The first-order chi connectivity index (χ1) is 9.20. The molecule has 0 spiro atoms. The molecule has 0 amide bonds. The fourth-order valence-electron chi connectivity index (χ4n) is 1.87. The van der Waals surface area contributed by atoms with E-state index in [1.54, 1.807) is 11.3 Å². The van der Waals surface area contributed by atoms with Crippen molar-refractivity contribution in [3.8, 4) is 0 Å². The summed E-state index contributed by atoms with van der Waals surface area (Å²) in [5.74, 6) is 0. The van der Waals surface area contributed by atoms with E-state index in [1.165, 1.54) is 16.1 Å². The van der Waals surface area contributed by atoms with Crippen LogP contribution in [-0.2, 0) is 6.54 Å². The Hall–Kier alpha value is -1.39. The van der Waals surface area contributed by atoms with Crippen LogP contribution < -0.4 is 10.2 Å². The number of aromatic nitrogens is 1. The van der Waals surface area contributed by atoms with Gasteiger partial charge in [0.25, 0.3) is 0 Å². The maximum absolute atomic E-state index is 4.51. The third kappa shape index (κ3) is 3.78. The second-order valence-corrected chi connectivity index (χ2v) is 5.78. The van der Waals surface area contributed by atoms with Crippen LogP contribution in [0.1, 0.15) is 23.8 Å². The highest BCUT2D eigenvalue weighted by Crippen LogP contribution is 2.28. The van der Waals surface area contributed by atoms with Crippen molar-refractivity contribution in [1.82, 2.24) is 10.3 Å². The number of aryl methyl sites for hydroxylation is 1. The number of rotatable bonds is 6. The third-order valence-electron chi connectivity index (χ3n) is 2.94. The Bertz CT molecular complexity index is 522. The quantitative estimate of drug-likeness (QED) is 0.814. The Labute approximate surface area is 119 Å². The Morgan fingerprint density at radius 2 is 2.21 bits per heavy atom. The van der Waals surface area contributed by atoms with E-state index in [1.807, 2.05) is 6.20 Å². The summed E-state index contributed by atoms with van der Waals surface area (Å²) in [5.41, 5.74) is 2.45. The molecule has 0 aliphatic carbocycles. The summed E-state index contributed by atoms with van der Waals surface area (Å²) in [6.07, 6.45) is 3.13. The summed E-state index contributed by atoms with van der Waals surface area (Å²) < 4.78 is 0. The van der Waals surface area contributed by atoms with E-state index in [4.69, 9.17) is 0 Å². The molecule has 1 aromatic carbocycles. The first-order valence-electron chi connectivity index (χ1n) is 6.66. The van der Waals surface area contributed by atoms with E-state index in [9.17, 15) is 0 Å². The summed E-state index contributed by atoms with van der Waals surface area (Å²) in [6.45, 7) is 6.25. The molecule has 1 N–H and O–H groups in total. The number of anilines is 2. The van der Waals surface area contributed by atoms with Gasteiger partial charge < -0.3 is 10.2 Å². The number of thiazole rings is 1. The molecule has 2 aromatic rings. The molecule has 0 bridgehead atoms. The summed E-state index contributed by atoms with van der Waals surface area (Å²) >= 11 is 1.74. The highest BCUT2D eigenvalue weighted by Gasteiger charge is 2.08. The average molecular weight is 275 g/mol. The monoisotopic (exact) mass is 275 g/mol. The zero-order valence-electron chi connectivity index (χ0n) is 11.8. The normalized spacial score (nSPS) is 10.7. The van der Waals surface area contributed by atoms with E-state index in [0.717, 1.165) is 24.6 Å². The molecule has 0 unspecified atom stereocenters. The fourth-order valence-corrected chi connectivity index (χ4v) is 2.73. The minimum Gasteiger partial charge on any atom is -0.321 e. The number of benzene rings is 1. The molecule has 3 nitrogen and oxygen atoms in total. The van der Waals surface area contributed by atoms with Crippen LogP contribution in [0.5, 0.6) is 0 Å². The number of hydrogen-bond donors (Lipinski definition) is 1. The third-order valence-corrected chi connectivity index (χ3v) is 4.02. The Kier molecular flexibility index (Phi) is 4.93. The molecule has 19 heavy (non-hydrogen) atoms. The Morgan fingerprint density at radius 3 is 2.95 bits per heavy atom. The van der Waals surface area contributed by atoms with Crippen LogP contribution in [0.25, 0.3) is 0 Å². The van der Waals surface area contributed by atoms with E-state index < -0.39 is 0 Å². The van der Waals surface area contributed by atoms with Crippen LogP contribution >= 0.6 is 11.3 Å². The summed E-state index contributed by atoms with van der Waals surface area (Å²) in [6, 6.07) is 8.48. The van der Waals surface area contributed by atoms with Crippen molar-refractivity contribution in [2.24, 2.45) is 0 Å². The van der Waals surface area contributed by atoms with Gasteiger partial charge in [-0.05, 0) is 37.6 Å². The second kappa shape index (κ2) is 6.68.